The van der Waals surface area contributed by atoms with Crippen LogP contribution in [0.2, 0.25) is 0 Å². The Kier molecular flexibility index (Phi) is 5.54. The highest BCUT2D eigenvalue weighted by atomic mass is 16.2. The van der Waals surface area contributed by atoms with Crippen molar-refractivity contribution in [3.05, 3.63) is 65.2 Å². The number of carbonyl (C=O) groups excluding carboxylic acids is 3. The van der Waals surface area contributed by atoms with Gasteiger partial charge in [0.15, 0.2) is 0 Å². The third-order valence-electron chi connectivity index (χ3n) is 4.42. The second-order valence-electron chi connectivity index (χ2n) is 6.92. The van der Waals surface area contributed by atoms with Crippen LogP contribution in [0.3, 0.4) is 0 Å². The molecule has 1 fully saturated rings. The first kappa shape index (κ1) is 18.6. The number of benzene rings is 2. The van der Waals surface area contributed by atoms with E-state index in [-0.39, 0.29) is 23.6 Å². The van der Waals surface area contributed by atoms with E-state index in [0.29, 0.717) is 23.4 Å². The summed E-state index contributed by atoms with van der Waals surface area (Å²) in [4.78, 5) is 37.4. The zero-order chi connectivity index (χ0) is 19.4. The maximum absolute atomic E-state index is 12.3. The Morgan fingerprint density at radius 1 is 0.926 bits per heavy atom. The van der Waals surface area contributed by atoms with E-state index in [1.54, 1.807) is 50.5 Å². The van der Waals surface area contributed by atoms with Gasteiger partial charge in [0.1, 0.15) is 0 Å². The average Bonchev–Trinajstić information content (AvgIpc) is 3.52. The van der Waals surface area contributed by atoms with Crippen LogP contribution in [0.5, 0.6) is 0 Å². The predicted molar refractivity (Wildman–Crippen MR) is 103 cm³/mol. The normalized spacial score (nSPS) is 13.0. The number of hydrogen-bond acceptors (Lipinski definition) is 3. The summed E-state index contributed by atoms with van der Waals surface area (Å²) in [5.74, 6) is -0.0567. The zero-order valence-electron chi connectivity index (χ0n) is 15.5. The molecule has 0 atom stereocenters. The summed E-state index contributed by atoms with van der Waals surface area (Å²) in [6.07, 6.45) is 1.91. The molecule has 0 radical (unpaired) electrons. The lowest BCUT2D eigenvalue weighted by atomic mass is 10.1. The molecule has 1 aliphatic carbocycles. The first-order valence-corrected chi connectivity index (χ1v) is 8.94. The summed E-state index contributed by atoms with van der Waals surface area (Å²) in [6, 6.07) is 14.0. The van der Waals surface area contributed by atoms with E-state index in [9.17, 15) is 14.4 Å². The lowest BCUT2D eigenvalue weighted by molar-refractivity contribution is -0.117. The van der Waals surface area contributed by atoms with E-state index >= 15 is 0 Å². The van der Waals surface area contributed by atoms with Crippen molar-refractivity contribution >= 4 is 23.4 Å². The number of carbonyl (C=O) groups is 3. The van der Waals surface area contributed by atoms with Crippen molar-refractivity contribution < 1.29 is 14.4 Å². The van der Waals surface area contributed by atoms with E-state index in [1.807, 2.05) is 12.1 Å². The van der Waals surface area contributed by atoms with Gasteiger partial charge >= 0.3 is 0 Å². The summed E-state index contributed by atoms with van der Waals surface area (Å²) in [6.45, 7) is 0.370. The van der Waals surface area contributed by atoms with Crippen LogP contribution in [0.15, 0.2) is 48.5 Å². The number of amides is 3. The smallest absolute Gasteiger partial charge is 0.253 e. The topological polar surface area (TPSA) is 78.5 Å². The Morgan fingerprint density at radius 2 is 1.52 bits per heavy atom. The van der Waals surface area contributed by atoms with Crippen LogP contribution in [0.4, 0.5) is 5.69 Å². The van der Waals surface area contributed by atoms with Crippen LogP contribution < -0.4 is 10.6 Å². The summed E-state index contributed by atoms with van der Waals surface area (Å²) in [5, 5.41) is 5.70. The molecule has 3 rings (SSSR count). The monoisotopic (exact) mass is 365 g/mol. The Bertz CT molecular complexity index is 838. The fourth-order valence-corrected chi connectivity index (χ4v) is 2.60. The standard InChI is InChI=1S/C21H23N3O3/c1-24(2)21(27)17-5-3-14(4-6-17)13-22-19(25)15-9-11-18(12-10-15)23-20(26)16-7-8-16/h3-6,9-12,16H,7-8,13H2,1-2H3,(H,22,25)(H,23,26). The van der Waals surface area contributed by atoms with E-state index < -0.39 is 0 Å². The fraction of sp³-hybridized carbons (Fsp3) is 0.286. The minimum Gasteiger partial charge on any atom is -0.348 e. The third-order valence-corrected chi connectivity index (χ3v) is 4.42. The molecule has 0 bridgehead atoms. The van der Waals surface area contributed by atoms with Gasteiger partial charge in [0.05, 0.1) is 0 Å². The first-order chi connectivity index (χ1) is 12.9. The largest absolute Gasteiger partial charge is 0.348 e. The lowest BCUT2D eigenvalue weighted by Gasteiger charge is -2.11. The third kappa shape index (κ3) is 4.94. The number of nitrogens with zero attached hydrogens (tertiary/aromatic N) is 1. The molecular weight excluding hydrogens is 342 g/mol. The summed E-state index contributed by atoms with van der Waals surface area (Å²) >= 11 is 0. The molecule has 0 heterocycles. The molecule has 6 heteroatoms. The molecule has 3 amide bonds. The van der Waals surface area contributed by atoms with E-state index in [2.05, 4.69) is 10.6 Å². The van der Waals surface area contributed by atoms with Gasteiger partial charge in [-0.25, -0.2) is 0 Å². The number of rotatable bonds is 6. The fourth-order valence-electron chi connectivity index (χ4n) is 2.60. The van der Waals surface area contributed by atoms with Crippen molar-refractivity contribution in [2.75, 3.05) is 19.4 Å². The van der Waals surface area contributed by atoms with Crippen molar-refractivity contribution in [3.63, 3.8) is 0 Å². The van der Waals surface area contributed by atoms with E-state index in [4.69, 9.17) is 0 Å². The van der Waals surface area contributed by atoms with Crippen LogP contribution in [0.1, 0.15) is 39.1 Å². The van der Waals surface area contributed by atoms with Crippen molar-refractivity contribution in [2.45, 2.75) is 19.4 Å². The van der Waals surface area contributed by atoms with Crippen LogP contribution in [-0.4, -0.2) is 36.7 Å². The van der Waals surface area contributed by atoms with Crippen LogP contribution >= 0.6 is 0 Å². The molecule has 6 nitrogen and oxygen atoms in total. The Labute approximate surface area is 158 Å². The molecule has 0 aromatic heterocycles. The molecule has 2 aromatic carbocycles. The maximum Gasteiger partial charge on any atom is 0.253 e. The number of nitrogens with one attached hydrogen (secondary N) is 2. The molecule has 1 saturated carbocycles. The summed E-state index contributed by atoms with van der Waals surface area (Å²) in [7, 11) is 3.41. The average molecular weight is 365 g/mol. The van der Waals surface area contributed by atoms with Gasteiger partial charge in [-0.15, -0.1) is 0 Å². The molecule has 0 spiro atoms. The van der Waals surface area contributed by atoms with Crippen LogP contribution in [0, 0.1) is 5.92 Å². The summed E-state index contributed by atoms with van der Waals surface area (Å²) in [5.41, 5.74) is 2.74. The number of hydrogen-bond donors (Lipinski definition) is 2. The molecular formula is C21H23N3O3. The van der Waals surface area contributed by atoms with Gasteiger partial charge in [0.2, 0.25) is 5.91 Å². The highest BCUT2D eigenvalue weighted by Crippen LogP contribution is 2.30. The molecule has 2 N–H and O–H groups in total. The van der Waals surface area contributed by atoms with Gasteiger partial charge < -0.3 is 15.5 Å². The second-order valence-corrected chi connectivity index (χ2v) is 6.92. The molecule has 0 saturated heterocycles. The van der Waals surface area contributed by atoms with E-state index in [0.717, 1.165) is 18.4 Å². The van der Waals surface area contributed by atoms with Gasteiger partial charge in [0, 0.05) is 43.4 Å². The second kappa shape index (κ2) is 8.03. The van der Waals surface area contributed by atoms with Crippen molar-refractivity contribution in [2.24, 2.45) is 5.92 Å². The summed E-state index contributed by atoms with van der Waals surface area (Å²) < 4.78 is 0. The SMILES string of the molecule is CN(C)C(=O)c1ccc(CNC(=O)c2ccc(NC(=O)C3CC3)cc2)cc1. The molecule has 27 heavy (non-hydrogen) atoms. The van der Waals surface area contributed by atoms with Crippen LogP contribution in [0.25, 0.3) is 0 Å². The van der Waals surface area contributed by atoms with Gasteiger partial charge in [-0.1, -0.05) is 12.1 Å². The zero-order valence-corrected chi connectivity index (χ0v) is 15.5. The lowest BCUT2D eigenvalue weighted by Crippen LogP contribution is -2.23. The van der Waals surface area contributed by atoms with Gasteiger partial charge in [-0.05, 0) is 54.8 Å². The Hall–Kier alpha value is -3.15. The van der Waals surface area contributed by atoms with Gasteiger partial charge in [-0.2, -0.15) is 0 Å². The molecule has 1 aliphatic rings. The van der Waals surface area contributed by atoms with E-state index in [1.165, 1.54) is 4.90 Å². The Balaban J connectivity index is 1.52. The molecule has 2 aromatic rings. The van der Waals surface area contributed by atoms with Crippen molar-refractivity contribution in [1.82, 2.24) is 10.2 Å². The first-order valence-electron chi connectivity index (χ1n) is 8.94. The van der Waals surface area contributed by atoms with Gasteiger partial charge in [-0.3, -0.25) is 14.4 Å². The maximum atomic E-state index is 12.3. The highest BCUT2D eigenvalue weighted by molar-refractivity contribution is 5.97. The predicted octanol–water partition coefficient (Wildman–Crippen LogP) is 2.67. The molecule has 0 aliphatic heterocycles. The van der Waals surface area contributed by atoms with Crippen molar-refractivity contribution in [1.29, 1.82) is 0 Å². The van der Waals surface area contributed by atoms with Gasteiger partial charge in [0.25, 0.3) is 11.8 Å². The minimum atomic E-state index is -0.191. The number of anilines is 1. The minimum absolute atomic E-state index is 0.0448. The molecule has 140 valence electrons. The molecule has 0 unspecified atom stereocenters. The van der Waals surface area contributed by atoms with Crippen molar-refractivity contribution in [3.8, 4) is 0 Å². The highest BCUT2D eigenvalue weighted by Gasteiger charge is 2.29. The van der Waals surface area contributed by atoms with Crippen LogP contribution in [-0.2, 0) is 11.3 Å². The Morgan fingerprint density at radius 3 is 2.07 bits per heavy atom. The quantitative estimate of drug-likeness (QED) is 0.826.